The fraction of sp³-hybridized carbons (Fsp3) is 0.280. The largest absolute Gasteiger partial charge is 0.357 e. The molecule has 8 nitrogen and oxygen atoms in total. The summed E-state index contributed by atoms with van der Waals surface area (Å²) in [4.78, 5) is 32.8. The van der Waals surface area contributed by atoms with Crippen molar-refractivity contribution in [1.82, 2.24) is 20.6 Å². The van der Waals surface area contributed by atoms with Crippen LogP contribution in [0.15, 0.2) is 42.6 Å². The zero-order valence-electron chi connectivity index (χ0n) is 19.4. The number of aryl methyl sites for hydroxylation is 1. The van der Waals surface area contributed by atoms with Gasteiger partial charge in [0.05, 0.1) is 9.26 Å². The monoisotopic (exact) mass is 588 g/mol. The zero-order chi connectivity index (χ0) is 24.9. The number of anilines is 3. The van der Waals surface area contributed by atoms with Gasteiger partial charge in [0.25, 0.3) is 5.91 Å². The number of carbonyl (C=O) groups is 2. The molecule has 2 heterocycles. The molecule has 182 valence electrons. The molecule has 1 unspecified atom stereocenters. The van der Waals surface area contributed by atoms with E-state index in [-0.39, 0.29) is 29.5 Å². The lowest BCUT2D eigenvalue weighted by molar-refractivity contribution is -0.121. The number of benzene rings is 2. The van der Waals surface area contributed by atoms with E-state index >= 15 is 4.39 Å². The van der Waals surface area contributed by atoms with Gasteiger partial charge in [-0.15, -0.1) is 0 Å². The van der Waals surface area contributed by atoms with Gasteiger partial charge >= 0.3 is 0 Å². The number of nitrogens with zero attached hydrogens (tertiary/aromatic N) is 2. The van der Waals surface area contributed by atoms with Crippen LogP contribution in [0.1, 0.15) is 35.2 Å². The number of hydrogen-bond donors (Lipinski definition) is 4. The molecule has 2 amide bonds. The van der Waals surface area contributed by atoms with E-state index < -0.39 is 5.82 Å². The van der Waals surface area contributed by atoms with Gasteiger partial charge in [-0.2, -0.15) is 4.98 Å². The normalized spacial score (nSPS) is 15.7. The minimum Gasteiger partial charge on any atom is -0.357 e. The highest BCUT2D eigenvalue weighted by Crippen LogP contribution is 2.30. The van der Waals surface area contributed by atoms with Gasteiger partial charge in [-0.3, -0.25) is 9.59 Å². The summed E-state index contributed by atoms with van der Waals surface area (Å²) in [5, 5.41) is 11.6. The molecule has 0 radical (unpaired) electrons. The second-order valence-electron chi connectivity index (χ2n) is 8.30. The van der Waals surface area contributed by atoms with Crippen molar-refractivity contribution in [2.75, 3.05) is 24.2 Å². The molecule has 1 atom stereocenters. The molecule has 35 heavy (non-hydrogen) atoms. The van der Waals surface area contributed by atoms with Gasteiger partial charge in [0.2, 0.25) is 11.9 Å². The number of nitrogens with one attached hydrogen (secondary N) is 4. The molecule has 3 aromatic rings. The Hall–Kier alpha value is -3.28. The van der Waals surface area contributed by atoms with Crippen molar-refractivity contribution in [2.45, 2.75) is 32.2 Å². The van der Waals surface area contributed by atoms with Crippen LogP contribution in [0.25, 0.3) is 11.1 Å². The van der Waals surface area contributed by atoms with Gasteiger partial charge in [0, 0.05) is 25.4 Å². The fourth-order valence-corrected chi connectivity index (χ4v) is 4.34. The van der Waals surface area contributed by atoms with E-state index in [2.05, 4.69) is 53.8 Å². The van der Waals surface area contributed by atoms with Gasteiger partial charge in [-0.05, 0) is 89.7 Å². The minimum absolute atomic E-state index is 0.0490. The summed E-state index contributed by atoms with van der Waals surface area (Å²) in [6.45, 7) is 2.57. The third-order valence-electron chi connectivity index (χ3n) is 5.84. The first kappa shape index (κ1) is 24.8. The third kappa shape index (κ3) is 5.87. The first-order valence-corrected chi connectivity index (χ1v) is 12.4. The lowest BCUT2D eigenvalue weighted by Gasteiger charge is -2.17. The first-order chi connectivity index (χ1) is 16.9. The summed E-state index contributed by atoms with van der Waals surface area (Å²) < 4.78 is 15.8. The highest BCUT2D eigenvalue weighted by atomic mass is 127. The number of hydrogen-bond acceptors (Lipinski definition) is 6. The van der Waals surface area contributed by atoms with Crippen molar-refractivity contribution in [3.63, 3.8) is 0 Å². The van der Waals surface area contributed by atoms with Crippen molar-refractivity contribution < 1.29 is 14.0 Å². The van der Waals surface area contributed by atoms with E-state index in [1.54, 1.807) is 43.6 Å². The molecular weight excluding hydrogens is 562 g/mol. The fourth-order valence-electron chi connectivity index (χ4n) is 3.92. The Bertz CT molecular complexity index is 1250. The van der Waals surface area contributed by atoms with Gasteiger partial charge < -0.3 is 21.3 Å². The zero-order valence-corrected chi connectivity index (χ0v) is 21.6. The second-order valence-corrected chi connectivity index (χ2v) is 9.46. The third-order valence-corrected chi connectivity index (χ3v) is 6.63. The SMILES string of the molecule is CNC(=O)c1ccc(-c2cc(F)c(Nc3ncc(I)c(NC4CCCCNC4=O)n3)cc2C)cc1. The summed E-state index contributed by atoms with van der Waals surface area (Å²) in [5.74, 6) is 0.0657. The summed E-state index contributed by atoms with van der Waals surface area (Å²) in [6, 6.07) is 9.79. The first-order valence-electron chi connectivity index (χ1n) is 11.3. The average molecular weight is 588 g/mol. The highest BCUT2D eigenvalue weighted by molar-refractivity contribution is 14.1. The van der Waals surface area contributed by atoms with Gasteiger partial charge in [-0.25, -0.2) is 9.37 Å². The van der Waals surface area contributed by atoms with E-state index in [1.807, 2.05) is 6.92 Å². The molecule has 0 saturated carbocycles. The molecule has 4 rings (SSSR count). The van der Waals surface area contributed by atoms with Crippen LogP contribution in [0.5, 0.6) is 0 Å². The van der Waals surface area contributed by atoms with Crippen LogP contribution in [0.2, 0.25) is 0 Å². The Morgan fingerprint density at radius 3 is 2.71 bits per heavy atom. The molecule has 2 aromatic carbocycles. The van der Waals surface area contributed by atoms with Gasteiger partial charge in [0.15, 0.2) is 0 Å². The van der Waals surface area contributed by atoms with E-state index in [9.17, 15) is 9.59 Å². The molecule has 4 N–H and O–H groups in total. The molecule has 0 bridgehead atoms. The van der Waals surface area contributed by atoms with Crippen LogP contribution in [-0.4, -0.2) is 41.4 Å². The molecule has 1 fully saturated rings. The summed E-state index contributed by atoms with van der Waals surface area (Å²) in [7, 11) is 1.58. The number of halogens is 2. The van der Waals surface area contributed by atoms with E-state index in [1.165, 1.54) is 6.07 Å². The lowest BCUT2D eigenvalue weighted by Crippen LogP contribution is -2.38. The van der Waals surface area contributed by atoms with E-state index in [0.717, 1.165) is 33.1 Å². The summed E-state index contributed by atoms with van der Waals surface area (Å²) in [6.07, 6.45) is 4.23. The Balaban J connectivity index is 1.54. The van der Waals surface area contributed by atoms with Crippen molar-refractivity contribution in [3.8, 4) is 11.1 Å². The molecule has 10 heteroatoms. The van der Waals surface area contributed by atoms with Crippen LogP contribution in [0.3, 0.4) is 0 Å². The Morgan fingerprint density at radius 2 is 1.97 bits per heavy atom. The van der Waals surface area contributed by atoms with Crippen molar-refractivity contribution in [1.29, 1.82) is 0 Å². The Labute approximate surface area is 216 Å². The van der Waals surface area contributed by atoms with Crippen LogP contribution < -0.4 is 21.3 Å². The minimum atomic E-state index is -0.458. The van der Waals surface area contributed by atoms with Gasteiger partial charge in [0.1, 0.15) is 17.7 Å². The molecule has 0 spiro atoms. The van der Waals surface area contributed by atoms with Crippen LogP contribution >= 0.6 is 22.6 Å². The number of carbonyl (C=O) groups excluding carboxylic acids is 2. The van der Waals surface area contributed by atoms with Crippen LogP contribution in [0, 0.1) is 16.3 Å². The number of rotatable bonds is 6. The maximum atomic E-state index is 15.1. The molecule has 1 aromatic heterocycles. The van der Waals surface area contributed by atoms with Crippen LogP contribution in [0.4, 0.5) is 21.8 Å². The summed E-state index contributed by atoms with van der Waals surface area (Å²) >= 11 is 2.11. The van der Waals surface area contributed by atoms with E-state index in [0.29, 0.717) is 24.3 Å². The topological polar surface area (TPSA) is 108 Å². The lowest BCUT2D eigenvalue weighted by atomic mass is 9.98. The molecule has 1 aliphatic heterocycles. The van der Waals surface area contributed by atoms with Crippen molar-refractivity contribution in [3.05, 3.63) is 63.1 Å². The Morgan fingerprint density at radius 1 is 1.20 bits per heavy atom. The molecule has 0 aliphatic carbocycles. The van der Waals surface area contributed by atoms with E-state index in [4.69, 9.17) is 0 Å². The maximum absolute atomic E-state index is 15.1. The van der Waals surface area contributed by atoms with Crippen molar-refractivity contribution >= 4 is 51.9 Å². The highest BCUT2D eigenvalue weighted by Gasteiger charge is 2.22. The average Bonchev–Trinajstić information content (AvgIpc) is 3.06. The smallest absolute Gasteiger partial charge is 0.251 e. The predicted molar refractivity (Wildman–Crippen MR) is 142 cm³/mol. The quantitative estimate of drug-likeness (QED) is 0.319. The van der Waals surface area contributed by atoms with Crippen LogP contribution in [-0.2, 0) is 4.79 Å². The Kier molecular flexibility index (Phi) is 7.79. The summed E-state index contributed by atoms with van der Waals surface area (Å²) in [5.41, 5.74) is 3.16. The standard InChI is InChI=1S/C25H26FIN6O2/c1-14-11-21(18(26)12-17(14)15-6-8-16(9-7-15)23(34)28-2)32-25-30-13-19(27)22(33-25)31-20-5-3-4-10-29-24(20)35/h6-9,11-13,20H,3-5,10H2,1-2H3,(H,28,34)(H,29,35)(H2,30,31,32,33). The number of aromatic nitrogens is 2. The van der Waals surface area contributed by atoms with Gasteiger partial charge in [-0.1, -0.05) is 12.1 Å². The van der Waals surface area contributed by atoms with Crippen molar-refractivity contribution in [2.24, 2.45) is 0 Å². The second kappa shape index (κ2) is 11.0. The molecule has 1 aliphatic rings. The number of amides is 2. The maximum Gasteiger partial charge on any atom is 0.251 e. The molecule has 1 saturated heterocycles. The molecular formula is C25H26FIN6O2. The predicted octanol–water partition coefficient (Wildman–Crippen LogP) is 4.38.